The lowest BCUT2D eigenvalue weighted by molar-refractivity contribution is 0.0498. The molecular weight excluding hydrogens is 288 g/mol. The van der Waals surface area contributed by atoms with Crippen molar-refractivity contribution < 1.29 is 9.32 Å². The molecule has 1 amide bonds. The predicted molar refractivity (Wildman–Crippen MR) is 90.4 cm³/mol. The molecule has 3 unspecified atom stereocenters. The zero-order valence-electron chi connectivity index (χ0n) is 15.2. The van der Waals surface area contributed by atoms with E-state index in [4.69, 9.17) is 4.52 Å². The number of aryl methyl sites for hydroxylation is 1. The molecule has 23 heavy (non-hydrogen) atoms. The Morgan fingerprint density at radius 3 is 2.43 bits per heavy atom. The number of nitrogens with zero attached hydrogens (tertiary/aromatic N) is 2. The van der Waals surface area contributed by atoms with Gasteiger partial charge in [-0.3, -0.25) is 4.79 Å². The Hall–Kier alpha value is -1.32. The van der Waals surface area contributed by atoms with E-state index in [1.54, 1.807) is 0 Å². The standard InChI is InChI=1S/C19H30N2O2/c1-12-7-6-8-13(2)21(12)18(22)17-15-11-14(19(3,4)5)9-10-16(15)23-20-17/h12-14H,6-11H2,1-5H3. The van der Waals surface area contributed by atoms with Gasteiger partial charge in [0.15, 0.2) is 5.69 Å². The number of hydrogen-bond acceptors (Lipinski definition) is 3. The van der Waals surface area contributed by atoms with Crippen molar-refractivity contribution in [2.75, 3.05) is 0 Å². The Balaban J connectivity index is 1.87. The second-order valence-electron chi connectivity index (χ2n) is 8.58. The Bertz CT molecular complexity index is 575. The number of fused-ring (bicyclic) bond motifs is 1. The van der Waals surface area contributed by atoms with Gasteiger partial charge in [-0.1, -0.05) is 25.9 Å². The summed E-state index contributed by atoms with van der Waals surface area (Å²) in [5, 5.41) is 4.19. The lowest BCUT2D eigenvalue weighted by Gasteiger charge is -2.39. The first kappa shape index (κ1) is 16.5. The van der Waals surface area contributed by atoms with Gasteiger partial charge < -0.3 is 9.42 Å². The van der Waals surface area contributed by atoms with Gasteiger partial charge in [0.05, 0.1) is 0 Å². The lowest BCUT2D eigenvalue weighted by Crippen LogP contribution is -2.48. The van der Waals surface area contributed by atoms with E-state index in [0.717, 1.165) is 43.4 Å². The van der Waals surface area contributed by atoms with Crippen molar-refractivity contribution in [1.29, 1.82) is 0 Å². The maximum atomic E-state index is 13.1. The molecule has 4 nitrogen and oxygen atoms in total. The van der Waals surface area contributed by atoms with Crippen molar-refractivity contribution in [1.82, 2.24) is 10.1 Å². The molecule has 3 atom stereocenters. The number of aromatic nitrogens is 1. The molecule has 0 bridgehead atoms. The van der Waals surface area contributed by atoms with E-state index in [2.05, 4.69) is 39.8 Å². The smallest absolute Gasteiger partial charge is 0.276 e. The van der Waals surface area contributed by atoms with E-state index < -0.39 is 0 Å². The fourth-order valence-electron chi connectivity index (χ4n) is 4.26. The molecule has 4 heteroatoms. The molecule has 0 radical (unpaired) electrons. The minimum absolute atomic E-state index is 0.0734. The number of hydrogen-bond donors (Lipinski definition) is 0. The first-order valence-electron chi connectivity index (χ1n) is 9.09. The second-order valence-corrected chi connectivity index (χ2v) is 8.58. The molecule has 128 valence electrons. The number of piperidine rings is 1. The minimum Gasteiger partial charge on any atom is -0.360 e. The highest BCUT2D eigenvalue weighted by molar-refractivity contribution is 5.94. The highest BCUT2D eigenvalue weighted by atomic mass is 16.5. The molecular formula is C19H30N2O2. The third-order valence-electron chi connectivity index (χ3n) is 5.90. The van der Waals surface area contributed by atoms with Crippen LogP contribution in [0.4, 0.5) is 0 Å². The number of likely N-dealkylation sites (tertiary alicyclic amines) is 1. The summed E-state index contributed by atoms with van der Waals surface area (Å²) in [7, 11) is 0. The summed E-state index contributed by atoms with van der Waals surface area (Å²) in [6.45, 7) is 11.2. The summed E-state index contributed by atoms with van der Waals surface area (Å²) in [5.74, 6) is 1.59. The zero-order chi connectivity index (χ0) is 16.8. The van der Waals surface area contributed by atoms with Crippen LogP contribution >= 0.6 is 0 Å². The fraction of sp³-hybridized carbons (Fsp3) is 0.789. The van der Waals surface area contributed by atoms with Crippen molar-refractivity contribution in [3.63, 3.8) is 0 Å². The monoisotopic (exact) mass is 318 g/mol. The van der Waals surface area contributed by atoms with Crippen molar-refractivity contribution >= 4 is 5.91 Å². The van der Waals surface area contributed by atoms with Crippen LogP contribution in [0.5, 0.6) is 0 Å². The fourth-order valence-corrected chi connectivity index (χ4v) is 4.26. The van der Waals surface area contributed by atoms with Gasteiger partial charge in [0, 0.05) is 24.1 Å². The molecule has 3 rings (SSSR count). The largest absolute Gasteiger partial charge is 0.360 e. The molecule has 0 N–H and O–H groups in total. The molecule has 1 aliphatic carbocycles. The van der Waals surface area contributed by atoms with E-state index >= 15 is 0 Å². The lowest BCUT2D eigenvalue weighted by atomic mass is 9.71. The summed E-state index contributed by atoms with van der Waals surface area (Å²) in [5.41, 5.74) is 1.90. The summed E-state index contributed by atoms with van der Waals surface area (Å²) >= 11 is 0. The number of carbonyl (C=O) groups is 1. The number of rotatable bonds is 1. The molecule has 0 aromatic carbocycles. The normalized spacial score (nSPS) is 28.6. The van der Waals surface area contributed by atoms with E-state index in [-0.39, 0.29) is 11.3 Å². The highest BCUT2D eigenvalue weighted by Crippen LogP contribution is 2.39. The summed E-state index contributed by atoms with van der Waals surface area (Å²) < 4.78 is 5.53. The van der Waals surface area contributed by atoms with Crippen LogP contribution in [0.1, 0.15) is 82.1 Å². The van der Waals surface area contributed by atoms with Crippen LogP contribution in [-0.2, 0) is 12.8 Å². The van der Waals surface area contributed by atoms with Crippen LogP contribution in [0.15, 0.2) is 4.52 Å². The van der Waals surface area contributed by atoms with Crippen LogP contribution in [0, 0.1) is 11.3 Å². The third-order valence-corrected chi connectivity index (χ3v) is 5.90. The Morgan fingerprint density at radius 1 is 1.17 bits per heavy atom. The molecule has 0 spiro atoms. The maximum Gasteiger partial charge on any atom is 0.276 e. The van der Waals surface area contributed by atoms with E-state index in [1.165, 1.54) is 6.42 Å². The van der Waals surface area contributed by atoms with Gasteiger partial charge in [-0.05, 0) is 57.3 Å². The van der Waals surface area contributed by atoms with Gasteiger partial charge in [-0.25, -0.2) is 0 Å². The van der Waals surface area contributed by atoms with Crippen LogP contribution < -0.4 is 0 Å². The Kier molecular flexibility index (Phi) is 4.28. The first-order chi connectivity index (χ1) is 10.8. The topological polar surface area (TPSA) is 46.3 Å². The quantitative estimate of drug-likeness (QED) is 0.778. The van der Waals surface area contributed by atoms with Crippen molar-refractivity contribution in [2.24, 2.45) is 11.3 Å². The Morgan fingerprint density at radius 2 is 1.83 bits per heavy atom. The van der Waals surface area contributed by atoms with E-state index in [1.807, 2.05) is 4.90 Å². The molecule has 1 aromatic rings. The minimum atomic E-state index is 0.0734. The zero-order valence-corrected chi connectivity index (χ0v) is 15.2. The van der Waals surface area contributed by atoms with E-state index in [9.17, 15) is 4.79 Å². The number of amides is 1. The van der Waals surface area contributed by atoms with Crippen LogP contribution in [0.2, 0.25) is 0 Å². The SMILES string of the molecule is CC1CCCC(C)N1C(=O)c1noc2c1CC(C(C)(C)C)CC2. The van der Waals surface area contributed by atoms with Crippen LogP contribution in [0.3, 0.4) is 0 Å². The maximum absolute atomic E-state index is 13.1. The molecule has 1 fully saturated rings. The average molecular weight is 318 g/mol. The van der Waals surface area contributed by atoms with Crippen LogP contribution in [-0.4, -0.2) is 28.0 Å². The summed E-state index contributed by atoms with van der Waals surface area (Å²) in [6.07, 6.45) is 6.31. The van der Waals surface area contributed by atoms with Gasteiger partial charge in [0.25, 0.3) is 5.91 Å². The molecule has 0 saturated carbocycles. The van der Waals surface area contributed by atoms with Crippen molar-refractivity contribution in [3.05, 3.63) is 17.0 Å². The second kappa shape index (κ2) is 5.95. The summed E-state index contributed by atoms with van der Waals surface area (Å²) in [4.78, 5) is 15.1. The van der Waals surface area contributed by atoms with Crippen molar-refractivity contribution in [3.8, 4) is 0 Å². The molecule has 1 aliphatic heterocycles. The first-order valence-corrected chi connectivity index (χ1v) is 9.09. The van der Waals surface area contributed by atoms with Gasteiger partial charge in [0.2, 0.25) is 0 Å². The van der Waals surface area contributed by atoms with E-state index in [0.29, 0.717) is 23.7 Å². The molecule has 2 heterocycles. The molecule has 2 aliphatic rings. The predicted octanol–water partition coefficient (Wildman–Crippen LogP) is 4.23. The number of carbonyl (C=O) groups excluding carboxylic acids is 1. The molecule has 1 aromatic heterocycles. The van der Waals surface area contributed by atoms with Gasteiger partial charge in [0.1, 0.15) is 5.76 Å². The van der Waals surface area contributed by atoms with Gasteiger partial charge in [-0.15, -0.1) is 0 Å². The molecule has 1 saturated heterocycles. The highest BCUT2D eigenvalue weighted by Gasteiger charge is 2.37. The van der Waals surface area contributed by atoms with Crippen molar-refractivity contribution in [2.45, 2.75) is 85.2 Å². The summed E-state index contributed by atoms with van der Waals surface area (Å²) in [6, 6.07) is 0.584. The van der Waals surface area contributed by atoms with Crippen LogP contribution in [0.25, 0.3) is 0 Å². The Labute approximate surface area is 139 Å². The van der Waals surface area contributed by atoms with Gasteiger partial charge >= 0.3 is 0 Å². The third kappa shape index (κ3) is 3.05. The van der Waals surface area contributed by atoms with Gasteiger partial charge in [-0.2, -0.15) is 0 Å². The average Bonchev–Trinajstić information content (AvgIpc) is 2.88.